The number of carbonyl (C=O) groups is 1. The molecule has 0 aliphatic carbocycles. The smallest absolute Gasteiger partial charge is 0.244 e. The number of rotatable bonds is 7. The largest absolute Gasteiger partial charge is 0.495 e. The van der Waals surface area contributed by atoms with Crippen molar-refractivity contribution < 1.29 is 17.9 Å². The van der Waals surface area contributed by atoms with Crippen molar-refractivity contribution in [2.45, 2.75) is 39.8 Å². The Morgan fingerprint density at radius 3 is 2.34 bits per heavy atom. The number of halogens is 1. The number of carbonyl (C=O) groups excluding carboxylic acids is 1. The van der Waals surface area contributed by atoms with Crippen LogP contribution >= 0.6 is 11.6 Å². The van der Waals surface area contributed by atoms with E-state index in [1.807, 2.05) is 39.0 Å². The lowest BCUT2D eigenvalue weighted by molar-refractivity contribution is -0.122. The summed E-state index contributed by atoms with van der Waals surface area (Å²) in [5, 5.41) is 3.18. The molecule has 0 spiro atoms. The molecule has 0 aromatic heterocycles. The van der Waals surface area contributed by atoms with Gasteiger partial charge in [0.15, 0.2) is 0 Å². The number of methoxy groups -OCH3 is 1. The summed E-state index contributed by atoms with van der Waals surface area (Å²) in [5.41, 5.74) is 3.42. The molecule has 8 heteroatoms. The molecule has 0 bridgehead atoms. The molecule has 0 fully saturated rings. The first-order valence-corrected chi connectivity index (χ1v) is 11.4. The first-order valence-electron chi connectivity index (χ1n) is 9.16. The molecule has 0 saturated carbocycles. The third-order valence-electron chi connectivity index (χ3n) is 4.74. The lowest BCUT2D eigenvalue weighted by atomic mass is 10.00. The first-order chi connectivity index (χ1) is 13.5. The van der Waals surface area contributed by atoms with Crippen LogP contribution < -0.4 is 14.4 Å². The van der Waals surface area contributed by atoms with Crippen molar-refractivity contribution in [2.75, 3.05) is 17.7 Å². The van der Waals surface area contributed by atoms with Gasteiger partial charge in [0, 0.05) is 0 Å². The van der Waals surface area contributed by atoms with Crippen LogP contribution in [0, 0.1) is 13.8 Å². The number of ether oxygens (including phenoxy) is 1. The summed E-state index contributed by atoms with van der Waals surface area (Å²) in [6.45, 7) is 7.38. The maximum atomic E-state index is 12.9. The van der Waals surface area contributed by atoms with Crippen LogP contribution in [0.25, 0.3) is 0 Å². The second kappa shape index (κ2) is 9.05. The number of amides is 1. The number of nitrogens with one attached hydrogen (secondary N) is 1. The summed E-state index contributed by atoms with van der Waals surface area (Å²) in [6, 6.07) is 9.38. The van der Waals surface area contributed by atoms with E-state index in [2.05, 4.69) is 5.32 Å². The van der Waals surface area contributed by atoms with Crippen LogP contribution in [0.15, 0.2) is 36.4 Å². The van der Waals surface area contributed by atoms with Gasteiger partial charge in [-0.1, -0.05) is 35.4 Å². The molecule has 158 valence electrons. The fourth-order valence-electron chi connectivity index (χ4n) is 3.24. The van der Waals surface area contributed by atoms with E-state index in [1.165, 1.54) is 13.2 Å². The predicted molar refractivity (Wildman–Crippen MR) is 117 cm³/mol. The molecular weight excluding hydrogens is 412 g/mol. The number of anilines is 1. The standard InChI is InChI=1S/C21H27ClN2O4S/c1-13-7-8-14(2)18(11-13)15(3)23-21(25)16(4)24(29(6,26)27)17-9-10-20(28-5)19(22)12-17/h7-12,15-16H,1-6H3,(H,23,25)/t15-,16+/m0/s1. The number of sulfonamides is 1. The van der Waals surface area contributed by atoms with E-state index in [4.69, 9.17) is 16.3 Å². The Kier molecular flexibility index (Phi) is 7.19. The molecule has 1 N–H and O–H groups in total. The molecule has 2 aromatic rings. The fourth-order valence-corrected chi connectivity index (χ4v) is 4.66. The molecule has 6 nitrogen and oxygen atoms in total. The van der Waals surface area contributed by atoms with E-state index in [0.29, 0.717) is 11.4 Å². The second-order valence-corrected chi connectivity index (χ2v) is 9.41. The van der Waals surface area contributed by atoms with Crippen LogP contribution in [-0.2, 0) is 14.8 Å². The predicted octanol–water partition coefficient (Wildman–Crippen LogP) is 4.00. The van der Waals surface area contributed by atoms with E-state index in [9.17, 15) is 13.2 Å². The van der Waals surface area contributed by atoms with E-state index in [1.54, 1.807) is 19.1 Å². The SMILES string of the molecule is COc1ccc(N([C@H](C)C(=O)N[C@@H](C)c2cc(C)ccc2C)S(C)(=O)=O)cc1Cl. The quantitative estimate of drug-likeness (QED) is 0.708. The maximum Gasteiger partial charge on any atom is 0.244 e. The lowest BCUT2D eigenvalue weighted by Crippen LogP contribution is -2.48. The van der Waals surface area contributed by atoms with E-state index in [0.717, 1.165) is 27.3 Å². The highest BCUT2D eigenvalue weighted by Crippen LogP contribution is 2.31. The fraction of sp³-hybridized carbons (Fsp3) is 0.381. The molecule has 0 saturated heterocycles. The minimum atomic E-state index is -3.74. The summed E-state index contributed by atoms with van der Waals surface area (Å²) < 4.78 is 31.1. The monoisotopic (exact) mass is 438 g/mol. The first kappa shape index (κ1) is 23.0. The van der Waals surface area contributed by atoms with E-state index < -0.39 is 22.0 Å². The van der Waals surface area contributed by atoms with Crippen molar-refractivity contribution in [1.29, 1.82) is 0 Å². The Morgan fingerprint density at radius 2 is 1.79 bits per heavy atom. The molecular formula is C21H27ClN2O4S. The minimum Gasteiger partial charge on any atom is -0.495 e. The summed E-state index contributed by atoms with van der Waals surface area (Å²) >= 11 is 6.16. The normalized spacial score (nSPS) is 13.5. The van der Waals surface area contributed by atoms with Crippen LogP contribution in [0.2, 0.25) is 5.02 Å². The third-order valence-corrected chi connectivity index (χ3v) is 6.28. The Bertz CT molecular complexity index is 1010. The van der Waals surface area contributed by atoms with Crippen LogP contribution in [-0.4, -0.2) is 33.7 Å². The van der Waals surface area contributed by atoms with Crippen molar-refractivity contribution in [3.8, 4) is 5.75 Å². The van der Waals surface area contributed by atoms with Crippen LogP contribution in [0.4, 0.5) is 5.69 Å². The molecule has 1 amide bonds. The molecule has 0 radical (unpaired) electrons. The average Bonchev–Trinajstić information content (AvgIpc) is 2.62. The van der Waals surface area contributed by atoms with Crippen molar-refractivity contribution >= 4 is 33.2 Å². The minimum absolute atomic E-state index is 0.259. The molecule has 29 heavy (non-hydrogen) atoms. The van der Waals surface area contributed by atoms with Crippen LogP contribution in [0.5, 0.6) is 5.75 Å². The number of aryl methyl sites for hydroxylation is 2. The van der Waals surface area contributed by atoms with Crippen LogP contribution in [0.1, 0.15) is 36.6 Å². The van der Waals surface area contributed by atoms with Gasteiger partial charge >= 0.3 is 0 Å². The zero-order valence-corrected chi connectivity index (χ0v) is 19.1. The zero-order valence-electron chi connectivity index (χ0n) is 17.5. The van der Waals surface area contributed by atoms with E-state index in [-0.39, 0.29) is 11.1 Å². The summed E-state index contributed by atoms with van der Waals surface area (Å²) in [6.07, 6.45) is 1.06. The zero-order chi connectivity index (χ0) is 21.9. The van der Waals surface area contributed by atoms with Crippen molar-refractivity contribution in [1.82, 2.24) is 5.32 Å². The Balaban J connectivity index is 2.32. The van der Waals surface area contributed by atoms with Gasteiger partial charge in [0.2, 0.25) is 15.9 Å². The topological polar surface area (TPSA) is 75.7 Å². The number of nitrogens with zero attached hydrogens (tertiary/aromatic N) is 1. The number of hydrogen-bond donors (Lipinski definition) is 1. The van der Waals surface area contributed by atoms with E-state index >= 15 is 0 Å². The van der Waals surface area contributed by atoms with Crippen molar-refractivity contribution in [2.24, 2.45) is 0 Å². The Hall–Kier alpha value is -2.25. The lowest BCUT2D eigenvalue weighted by Gasteiger charge is -2.30. The molecule has 2 atom stereocenters. The van der Waals surface area contributed by atoms with Gasteiger partial charge in [0.1, 0.15) is 11.8 Å². The van der Waals surface area contributed by atoms with Crippen molar-refractivity contribution in [3.05, 3.63) is 58.1 Å². The van der Waals surface area contributed by atoms with Gasteiger partial charge in [-0.25, -0.2) is 8.42 Å². The number of hydrogen-bond acceptors (Lipinski definition) is 4. The highest BCUT2D eigenvalue weighted by Gasteiger charge is 2.30. The molecule has 0 unspecified atom stereocenters. The highest BCUT2D eigenvalue weighted by molar-refractivity contribution is 7.92. The van der Waals surface area contributed by atoms with Gasteiger partial charge in [0.05, 0.1) is 30.1 Å². The Morgan fingerprint density at radius 1 is 1.14 bits per heavy atom. The summed E-state index contributed by atoms with van der Waals surface area (Å²) in [4.78, 5) is 12.9. The van der Waals surface area contributed by atoms with Crippen LogP contribution in [0.3, 0.4) is 0 Å². The molecule has 0 aliphatic heterocycles. The molecule has 0 heterocycles. The highest BCUT2D eigenvalue weighted by atomic mass is 35.5. The summed E-state index contributed by atoms with van der Waals surface area (Å²) in [5.74, 6) is 0.0142. The van der Waals surface area contributed by atoms with Gasteiger partial charge in [0.25, 0.3) is 0 Å². The van der Waals surface area contributed by atoms with Crippen molar-refractivity contribution in [3.63, 3.8) is 0 Å². The van der Waals surface area contributed by atoms with Gasteiger partial charge in [-0.2, -0.15) is 0 Å². The molecule has 2 rings (SSSR count). The third kappa shape index (κ3) is 5.42. The molecule has 0 aliphatic rings. The number of benzene rings is 2. The van der Waals surface area contributed by atoms with Gasteiger partial charge in [-0.3, -0.25) is 9.10 Å². The van der Waals surface area contributed by atoms with Gasteiger partial charge in [-0.05, 0) is 57.0 Å². The van der Waals surface area contributed by atoms with Gasteiger partial charge < -0.3 is 10.1 Å². The maximum absolute atomic E-state index is 12.9. The van der Waals surface area contributed by atoms with Gasteiger partial charge in [-0.15, -0.1) is 0 Å². The average molecular weight is 439 g/mol. The Labute approximate surface area is 177 Å². The molecule has 2 aromatic carbocycles. The summed E-state index contributed by atoms with van der Waals surface area (Å²) in [7, 11) is -2.27. The second-order valence-electron chi connectivity index (χ2n) is 7.14.